The number of aliphatic hydroxyl groups excluding tert-OH is 2. The molecule has 5 heteroatoms. The van der Waals surface area contributed by atoms with Crippen LogP contribution in [0.4, 0.5) is 0 Å². The van der Waals surface area contributed by atoms with Crippen LogP contribution in [-0.4, -0.2) is 70.3 Å². The molecule has 4 saturated carbocycles. The van der Waals surface area contributed by atoms with Gasteiger partial charge < -0.3 is 15.1 Å². The van der Waals surface area contributed by atoms with E-state index in [-0.39, 0.29) is 29.6 Å². The van der Waals surface area contributed by atoms with Gasteiger partial charge in [-0.15, -0.1) is 0 Å². The van der Waals surface area contributed by atoms with E-state index in [4.69, 9.17) is 0 Å². The van der Waals surface area contributed by atoms with Gasteiger partial charge in [0.1, 0.15) is 0 Å². The molecule has 0 aromatic heterocycles. The van der Waals surface area contributed by atoms with Crippen molar-refractivity contribution in [3.05, 3.63) is 0 Å². The summed E-state index contributed by atoms with van der Waals surface area (Å²) >= 11 is 0. The summed E-state index contributed by atoms with van der Waals surface area (Å²) in [5.74, 6) is 3.00. The summed E-state index contributed by atoms with van der Waals surface area (Å²) in [6.45, 7) is 9.95. The van der Waals surface area contributed by atoms with Crippen LogP contribution in [0, 0.1) is 34.5 Å². The van der Waals surface area contributed by atoms with Gasteiger partial charge in [-0.1, -0.05) is 13.8 Å². The molecule has 5 fully saturated rings. The SMILES string of the molecule is CC(=O)N1CCN([C@H]2C[C@@]3(C)C(CC[C@H]4[C@@H]5CC[C@H](O)[C@@]5(C)CC[C@@H]43)C[C@@H]2O)CC1. The summed E-state index contributed by atoms with van der Waals surface area (Å²) in [7, 11) is 0. The van der Waals surface area contributed by atoms with Crippen molar-refractivity contribution in [2.75, 3.05) is 26.2 Å². The summed E-state index contributed by atoms with van der Waals surface area (Å²) in [5.41, 5.74) is 0.445. The van der Waals surface area contributed by atoms with E-state index >= 15 is 0 Å². The van der Waals surface area contributed by atoms with Crippen molar-refractivity contribution in [3.8, 4) is 0 Å². The van der Waals surface area contributed by atoms with Crippen LogP contribution in [0.1, 0.15) is 72.1 Å². The standard InChI is InChI=1S/C25H42N2O3/c1-16(28)26-10-12-27(13-11-26)21-15-25(3)17(14-22(21)29)4-5-18-19-6-7-23(30)24(19,2)9-8-20(18)25/h17-23,29-30H,4-15H2,1-3H3/t17?,18-,19-,20-,21-,22-,23-,24-,25-/m0/s1. The molecule has 5 nitrogen and oxygen atoms in total. The van der Waals surface area contributed by atoms with Gasteiger partial charge in [0.05, 0.1) is 12.2 Å². The number of nitrogens with zero attached hydrogens (tertiary/aromatic N) is 2. The van der Waals surface area contributed by atoms with Gasteiger partial charge in [-0.2, -0.15) is 0 Å². The monoisotopic (exact) mass is 418 g/mol. The van der Waals surface area contributed by atoms with E-state index in [1.165, 1.54) is 32.1 Å². The minimum Gasteiger partial charge on any atom is -0.393 e. The van der Waals surface area contributed by atoms with E-state index in [1.54, 1.807) is 6.92 Å². The van der Waals surface area contributed by atoms with Gasteiger partial charge >= 0.3 is 0 Å². The van der Waals surface area contributed by atoms with Gasteiger partial charge in [-0.25, -0.2) is 0 Å². The quantitative estimate of drug-likeness (QED) is 0.687. The van der Waals surface area contributed by atoms with Crippen molar-refractivity contribution in [2.45, 2.75) is 90.4 Å². The Labute approximate surface area is 182 Å². The molecule has 5 aliphatic rings. The Morgan fingerprint density at radius 2 is 1.60 bits per heavy atom. The first-order chi connectivity index (χ1) is 14.2. The summed E-state index contributed by atoms with van der Waals surface area (Å²) in [6, 6.07) is 0.238. The van der Waals surface area contributed by atoms with E-state index in [1.807, 2.05) is 4.90 Å². The van der Waals surface area contributed by atoms with E-state index in [0.29, 0.717) is 17.3 Å². The van der Waals surface area contributed by atoms with Gasteiger partial charge in [0.25, 0.3) is 0 Å². The summed E-state index contributed by atoms with van der Waals surface area (Å²) in [6.07, 6.45) is 8.89. The Morgan fingerprint density at radius 1 is 0.900 bits per heavy atom. The van der Waals surface area contributed by atoms with E-state index in [0.717, 1.165) is 57.3 Å². The number of rotatable bonds is 1. The fourth-order valence-corrected chi connectivity index (χ4v) is 8.99. The van der Waals surface area contributed by atoms with E-state index in [9.17, 15) is 15.0 Å². The zero-order valence-electron chi connectivity index (χ0n) is 19.2. The maximum Gasteiger partial charge on any atom is 0.219 e. The minimum atomic E-state index is -0.231. The van der Waals surface area contributed by atoms with Crippen molar-refractivity contribution in [3.63, 3.8) is 0 Å². The number of piperazine rings is 1. The largest absolute Gasteiger partial charge is 0.393 e. The molecule has 0 aromatic rings. The van der Waals surface area contributed by atoms with Gasteiger partial charge in [-0.3, -0.25) is 9.69 Å². The van der Waals surface area contributed by atoms with Crippen molar-refractivity contribution < 1.29 is 15.0 Å². The Balaban J connectivity index is 1.35. The van der Waals surface area contributed by atoms with Gasteiger partial charge in [0, 0.05) is 39.1 Å². The molecule has 1 heterocycles. The molecule has 1 amide bonds. The molecule has 30 heavy (non-hydrogen) atoms. The van der Waals surface area contributed by atoms with Crippen molar-refractivity contribution in [2.24, 2.45) is 34.5 Å². The minimum absolute atomic E-state index is 0.104. The van der Waals surface area contributed by atoms with E-state index < -0.39 is 0 Å². The maximum atomic E-state index is 11.7. The molecule has 2 N–H and O–H groups in total. The Morgan fingerprint density at radius 3 is 2.30 bits per heavy atom. The topological polar surface area (TPSA) is 64.0 Å². The number of aliphatic hydroxyl groups is 2. The fraction of sp³-hybridized carbons (Fsp3) is 0.960. The highest BCUT2D eigenvalue weighted by Crippen LogP contribution is 2.66. The lowest BCUT2D eigenvalue weighted by molar-refractivity contribution is -0.156. The van der Waals surface area contributed by atoms with Crippen LogP contribution < -0.4 is 0 Å². The predicted octanol–water partition coefficient (Wildman–Crippen LogP) is 2.89. The normalized spacial score (nSPS) is 51.8. The fourth-order valence-electron chi connectivity index (χ4n) is 8.99. The highest BCUT2D eigenvalue weighted by molar-refractivity contribution is 5.73. The number of carbonyl (C=O) groups excluding carboxylic acids is 1. The average Bonchev–Trinajstić information content (AvgIpc) is 3.03. The van der Waals surface area contributed by atoms with Crippen LogP contribution in [0.3, 0.4) is 0 Å². The Kier molecular flexibility index (Phi) is 5.27. The molecule has 4 aliphatic carbocycles. The first-order valence-electron chi connectivity index (χ1n) is 12.6. The van der Waals surface area contributed by atoms with Gasteiger partial charge in [0.2, 0.25) is 5.91 Å². The Bertz CT molecular complexity index is 677. The Hall–Kier alpha value is -0.650. The van der Waals surface area contributed by atoms with Crippen molar-refractivity contribution in [1.82, 2.24) is 9.80 Å². The second-order valence-corrected chi connectivity index (χ2v) is 11.9. The number of carbonyl (C=O) groups is 1. The molecular formula is C25H42N2O3. The zero-order valence-corrected chi connectivity index (χ0v) is 19.2. The van der Waals surface area contributed by atoms with Crippen molar-refractivity contribution in [1.29, 1.82) is 0 Å². The third-order valence-electron chi connectivity index (χ3n) is 10.9. The number of hydrogen-bond acceptors (Lipinski definition) is 4. The van der Waals surface area contributed by atoms with Gasteiger partial charge in [0.15, 0.2) is 0 Å². The summed E-state index contributed by atoms with van der Waals surface area (Å²) in [5, 5.41) is 21.8. The summed E-state index contributed by atoms with van der Waals surface area (Å²) < 4.78 is 0. The van der Waals surface area contributed by atoms with Crippen LogP contribution in [0.15, 0.2) is 0 Å². The molecule has 0 bridgehead atoms. The number of amides is 1. The van der Waals surface area contributed by atoms with Crippen LogP contribution in [0.25, 0.3) is 0 Å². The van der Waals surface area contributed by atoms with Crippen LogP contribution in [0.5, 0.6) is 0 Å². The average molecular weight is 419 g/mol. The molecule has 170 valence electrons. The number of hydrogen-bond donors (Lipinski definition) is 2. The molecule has 1 aliphatic heterocycles. The molecule has 1 unspecified atom stereocenters. The second-order valence-electron chi connectivity index (χ2n) is 11.9. The third-order valence-corrected chi connectivity index (χ3v) is 10.9. The zero-order chi connectivity index (χ0) is 21.3. The predicted molar refractivity (Wildman–Crippen MR) is 117 cm³/mol. The first kappa shape index (κ1) is 21.2. The second kappa shape index (κ2) is 7.45. The summed E-state index contributed by atoms with van der Waals surface area (Å²) in [4.78, 5) is 16.2. The molecule has 0 aromatic carbocycles. The smallest absolute Gasteiger partial charge is 0.219 e. The van der Waals surface area contributed by atoms with Crippen LogP contribution >= 0.6 is 0 Å². The van der Waals surface area contributed by atoms with E-state index in [2.05, 4.69) is 18.7 Å². The lowest BCUT2D eigenvalue weighted by Crippen LogP contribution is -2.62. The lowest BCUT2D eigenvalue weighted by atomic mass is 9.44. The third kappa shape index (κ3) is 3.09. The highest BCUT2D eigenvalue weighted by atomic mass is 16.3. The number of fused-ring (bicyclic) bond motifs is 5. The van der Waals surface area contributed by atoms with Crippen LogP contribution in [-0.2, 0) is 4.79 Å². The molecular weight excluding hydrogens is 376 g/mol. The van der Waals surface area contributed by atoms with Gasteiger partial charge in [-0.05, 0) is 85.9 Å². The highest BCUT2D eigenvalue weighted by Gasteiger charge is 2.61. The molecule has 1 saturated heterocycles. The molecule has 0 radical (unpaired) electrons. The van der Waals surface area contributed by atoms with Crippen LogP contribution in [0.2, 0.25) is 0 Å². The first-order valence-corrected chi connectivity index (χ1v) is 12.6. The molecule has 9 atom stereocenters. The van der Waals surface area contributed by atoms with Crippen molar-refractivity contribution >= 4 is 5.91 Å². The lowest BCUT2D eigenvalue weighted by Gasteiger charge is -2.62. The molecule has 5 rings (SSSR count). The molecule has 0 spiro atoms. The maximum absolute atomic E-state index is 11.7.